The van der Waals surface area contributed by atoms with Crippen molar-refractivity contribution in [3.8, 4) is 22.3 Å². The minimum atomic E-state index is -1.38. The highest BCUT2D eigenvalue weighted by molar-refractivity contribution is 7.85. The minimum Gasteiger partial charge on any atom is -0.311 e. The quantitative estimate of drug-likeness (QED) is 0.276. The van der Waals surface area contributed by atoms with Crippen molar-refractivity contribution < 1.29 is 4.21 Å². The molecule has 0 saturated heterocycles. The zero-order valence-corrected chi connectivity index (χ0v) is 21.6. The molecule has 4 nitrogen and oxygen atoms in total. The van der Waals surface area contributed by atoms with Gasteiger partial charge in [-0.25, -0.2) is 4.21 Å². The second-order valence-electron chi connectivity index (χ2n) is 9.00. The number of halogens is 2. The first-order valence-corrected chi connectivity index (χ1v) is 12.6. The fourth-order valence-corrected chi connectivity index (χ4v) is 4.59. The van der Waals surface area contributed by atoms with Gasteiger partial charge in [0.2, 0.25) is 0 Å². The van der Waals surface area contributed by atoms with E-state index in [1.807, 2.05) is 69.3 Å². The molecular weight excluding hydrogens is 487 g/mol. The van der Waals surface area contributed by atoms with Crippen LogP contribution in [-0.4, -0.2) is 19.7 Å². The van der Waals surface area contributed by atoms with Crippen LogP contribution in [0.25, 0.3) is 33.2 Å². The molecule has 1 unspecified atom stereocenters. The van der Waals surface area contributed by atoms with Gasteiger partial charge in [0.05, 0.1) is 15.8 Å². The lowest BCUT2D eigenvalue weighted by atomic mass is 9.91. The Hall–Kier alpha value is -2.73. The average Bonchev–Trinajstić information content (AvgIpc) is 2.79. The molecule has 0 bridgehead atoms. The van der Waals surface area contributed by atoms with E-state index in [0.717, 1.165) is 33.2 Å². The van der Waals surface area contributed by atoms with E-state index in [1.165, 1.54) is 0 Å². The molecular formula is C27H24Cl2N2O2S. The van der Waals surface area contributed by atoms with E-state index in [4.69, 9.17) is 23.2 Å². The average molecular weight is 511 g/mol. The summed E-state index contributed by atoms with van der Waals surface area (Å²) in [7, 11) is 0.382. The van der Waals surface area contributed by atoms with Crippen LogP contribution in [0.15, 0.2) is 75.9 Å². The minimum absolute atomic E-state index is 0.125. The molecule has 7 heteroatoms. The van der Waals surface area contributed by atoms with Crippen LogP contribution in [-0.2, 0) is 18.0 Å². The van der Waals surface area contributed by atoms with Crippen LogP contribution < -0.4 is 5.56 Å². The molecule has 0 spiro atoms. The molecule has 0 aliphatic rings. The third-order valence-corrected chi connectivity index (χ3v) is 7.32. The highest BCUT2D eigenvalue weighted by Gasteiger charge is 2.20. The van der Waals surface area contributed by atoms with Gasteiger partial charge < -0.3 is 4.57 Å². The highest BCUT2D eigenvalue weighted by atomic mass is 35.5. The molecule has 1 atom stereocenters. The second kappa shape index (κ2) is 9.49. The lowest BCUT2D eigenvalue weighted by molar-refractivity contribution is 0.651. The van der Waals surface area contributed by atoms with E-state index in [1.54, 1.807) is 36.0 Å². The van der Waals surface area contributed by atoms with Crippen molar-refractivity contribution >= 4 is 51.3 Å². The van der Waals surface area contributed by atoms with Gasteiger partial charge >= 0.3 is 0 Å². The molecule has 4 rings (SSSR count). The van der Waals surface area contributed by atoms with Crippen molar-refractivity contribution in [1.29, 1.82) is 0 Å². The summed E-state index contributed by atoms with van der Waals surface area (Å²) in [5.41, 5.74) is 4.35. The zero-order valence-electron chi connectivity index (χ0n) is 19.3. The summed E-state index contributed by atoms with van der Waals surface area (Å²) < 4.78 is 17.9. The van der Waals surface area contributed by atoms with Crippen molar-refractivity contribution in [3.63, 3.8) is 0 Å². The molecule has 1 heterocycles. The Morgan fingerprint density at radius 2 is 1.59 bits per heavy atom. The van der Waals surface area contributed by atoms with Crippen molar-refractivity contribution in [2.24, 2.45) is 11.4 Å². The smallest absolute Gasteiger partial charge is 0.259 e. The van der Waals surface area contributed by atoms with Crippen LogP contribution in [0.2, 0.25) is 10.0 Å². The van der Waals surface area contributed by atoms with Gasteiger partial charge in [0.1, 0.15) is 11.0 Å². The number of benzene rings is 3. The fourth-order valence-electron chi connectivity index (χ4n) is 3.74. The Labute approximate surface area is 211 Å². The first kappa shape index (κ1) is 24.4. The van der Waals surface area contributed by atoms with Crippen molar-refractivity contribution in [3.05, 3.63) is 92.7 Å². The normalized spacial score (nSPS) is 13.0. The van der Waals surface area contributed by atoms with Gasteiger partial charge in [-0.3, -0.25) is 4.79 Å². The van der Waals surface area contributed by atoms with Crippen LogP contribution in [0, 0.1) is 0 Å². The van der Waals surface area contributed by atoms with Gasteiger partial charge in [-0.15, -0.1) is 0 Å². The first-order chi connectivity index (χ1) is 16.1. The second-order valence-corrected chi connectivity index (χ2v) is 11.8. The maximum atomic E-state index is 13.6. The molecule has 4 aromatic rings. The molecule has 0 aliphatic carbocycles. The van der Waals surface area contributed by atoms with Crippen LogP contribution >= 0.6 is 23.2 Å². The summed E-state index contributed by atoms with van der Waals surface area (Å²) in [6.45, 7) is 5.64. The highest BCUT2D eigenvalue weighted by Crippen LogP contribution is 2.37. The van der Waals surface area contributed by atoms with Crippen LogP contribution in [0.4, 0.5) is 0 Å². The van der Waals surface area contributed by atoms with Crippen LogP contribution in [0.5, 0.6) is 0 Å². The Balaban J connectivity index is 2.06. The molecule has 0 aliphatic heterocycles. The molecule has 0 radical (unpaired) electrons. The van der Waals surface area contributed by atoms with E-state index in [2.05, 4.69) is 4.40 Å². The molecule has 0 fully saturated rings. The lowest BCUT2D eigenvalue weighted by Crippen LogP contribution is -2.20. The van der Waals surface area contributed by atoms with Crippen molar-refractivity contribution in [2.45, 2.75) is 25.5 Å². The Bertz CT molecular complexity index is 1500. The standard InChI is InChI=1S/C27H24Cl2N2O2S/c1-27(2,3)34(33)30-16-17-8-13-23-22(14-17)24(19-6-5-7-21(29)15-19)25(26(32)31(23)4)18-9-11-20(28)12-10-18/h5-16H,1-4H3/b30-16+. The van der Waals surface area contributed by atoms with Gasteiger partial charge in [0, 0.05) is 34.3 Å². The monoisotopic (exact) mass is 510 g/mol. The Morgan fingerprint density at radius 3 is 2.24 bits per heavy atom. The predicted molar refractivity (Wildman–Crippen MR) is 146 cm³/mol. The van der Waals surface area contributed by atoms with E-state index >= 15 is 0 Å². The van der Waals surface area contributed by atoms with Crippen LogP contribution in [0.3, 0.4) is 0 Å². The van der Waals surface area contributed by atoms with Gasteiger partial charge in [-0.2, -0.15) is 4.40 Å². The SMILES string of the molecule is Cn1c(=O)c(-c2ccc(Cl)cc2)c(-c2cccc(Cl)c2)c2cc(/C=N/S(=O)C(C)(C)C)ccc21. The lowest BCUT2D eigenvalue weighted by Gasteiger charge is -2.17. The largest absolute Gasteiger partial charge is 0.311 e. The van der Waals surface area contributed by atoms with E-state index in [0.29, 0.717) is 15.6 Å². The first-order valence-electron chi connectivity index (χ1n) is 10.7. The van der Waals surface area contributed by atoms with E-state index in [9.17, 15) is 9.00 Å². The molecule has 0 N–H and O–H groups in total. The Morgan fingerprint density at radius 1 is 0.882 bits per heavy atom. The van der Waals surface area contributed by atoms with Crippen molar-refractivity contribution in [2.75, 3.05) is 0 Å². The van der Waals surface area contributed by atoms with Crippen molar-refractivity contribution in [1.82, 2.24) is 4.57 Å². The number of hydrogen-bond acceptors (Lipinski definition) is 2. The summed E-state index contributed by atoms with van der Waals surface area (Å²) >= 11 is 12.5. The fraction of sp³-hybridized carbons (Fsp3) is 0.185. The number of fused-ring (bicyclic) bond motifs is 1. The molecule has 0 amide bonds. The number of aryl methyl sites for hydroxylation is 1. The molecule has 3 aromatic carbocycles. The van der Waals surface area contributed by atoms with Crippen LogP contribution in [0.1, 0.15) is 26.3 Å². The van der Waals surface area contributed by atoms with Gasteiger partial charge in [0.15, 0.2) is 0 Å². The maximum absolute atomic E-state index is 13.6. The molecule has 174 valence electrons. The summed E-state index contributed by atoms with van der Waals surface area (Å²) in [4.78, 5) is 13.6. The topological polar surface area (TPSA) is 51.4 Å². The van der Waals surface area contributed by atoms with E-state index in [-0.39, 0.29) is 5.56 Å². The zero-order chi connectivity index (χ0) is 24.6. The summed E-state index contributed by atoms with van der Waals surface area (Å²) in [5, 5.41) is 2.03. The summed E-state index contributed by atoms with van der Waals surface area (Å²) in [6.07, 6.45) is 1.62. The maximum Gasteiger partial charge on any atom is 0.259 e. The van der Waals surface area contributed by atoms with Gasteiger partial charge in [-0.1, -0.05) is 53.5 Å². The van der Waals surface area contributed by atoms with E-state index < -0.39 is 15.7 Å². The Kier molecular flexibility index (Phi) is 6.81. The third-order valence-electron chi connectivity index (χ3n) is 5.49. The number of hydrogen-bond donors (Lipinski definition) is 0. The predicted octanol–water partition coefficient (Wildman–Crippen LogP) is 7.06. The third kappa shape index (κ3) is 4.88. The molecule has 34 heavy (non-hydrogen) atoms. The number of pyridine rings is 1. The number of nitrogens with zero attached hydrogens (tertiary/aromatic N) is 2. The summed E-state index contributed by atoms with van der Waals surface area (Å²) in [6, 6.07) is 20.4. The van der Waals surface area contributed by atoms with Gasteiger partial charge in [-0.05, 0) is 73.9 Å². The van der Waals surface area contributed by atoms with Gasteiger partial charge in [0.25, 0.3) is 5.56 Å². The molecule has 1 aromatic heterocycles. The summed E-state index contributed by atoms with van der Waals surface area (Å²) in [5.74, 6) is 0. The number of rotatable bonds is 4. The number of aromatic nitrogens is 1. The molecule has 0 saturated carbocycles.